The average Bonchev–Trinajstić information content (AvgIpc) is 2.98. The lowest BCUT2D eigenvalue weighted by molar-refractivity contribution is 0.148. The second-order valence-electron chi connectivity index (χ2n) is 5.75. The molecule has 0 atom stereocenters. The van der Waals surface area contributed by atoms with E-state index in [-0.39, 0.29) is 0 Å². The van der Waals surface area contributed by atoms with Gasteiger partial charge in [0.1, 0.15) is 0 Å². The summed E-state index contributed by atoms with van der Waals surface area (Å²) < 4.78 is 5.24. The SMILES string of the molecule is COCCN1Cc2c(c3ccccc3c3ccccc23)C1. The monoisotopic (exact) mass is 277 g/mol. The van der Waals surface area contributed by atoms with Gasteiger partial charge in [0.15, 0.2) is 0 Å². The van der Waals surface area contributed by atoms with Gasteiger partial charge in [-0.25, -0.2) is 0 Å². The number of hydrogen-bond donors (Lipinski definition) is 0. The zero-order valence-electron chi connectivity index (χ0n) is 12.3. The summed E-state index contributed by atoms with van der Waals surface area (Å²) >= 11 is 0. The molecule has 0 N–H and O–H groups in total. The molecule has 3 aromatic carbocycles. The number of rotatable bonds is 3. The highest BCUT2D eigenvalue weighted by molar-refractivity contribution is 6.10. The Morgan fingerprint density at radius 1 is 0.810 bits per heavy atom. The summed E-state index contributed by atoms with van der Waals surface area (Å²) in [5, 5.41) is 5.57. The lowest BCUT2D eigenvalue weighted by atomic mass is 9.93. The van der Waals surface area contributed by atoms with Crippen LogP contribution in [0.15, 0.2) is 48.5 Å². The third kappa shape index (κ3) is 2.03. The fourth-order valence-electron chi connectivity index (χ4n) is 3.53. The Morgan fingerprint density at radius 3 is 1.76 bits per heavy atom. The predicted octanol–water partition coefficient (Wildman–Crippen LogP) is 3.96. The van der Waals surface area contributed by atoms with Gasteiger partial charge >= 0.3 is 0 Å². The summed E-state index contributed by atoms with van der Waals surface area (Å²) in [5.74, 6) is 0. The number of nitrogens with zero attached hydrogens (tertiary/aromatic N) is 1. The number of benzene rings is 3. The maximum atomic E-state index is 5.24. The van der Waals surface area contributed by atoms with Crippen LogP contribution >= 0.6 is 0 Å². The van der Waals surface area contributed by atoms with E-state index in [2.05, 4.69) is 53.4 Å². The Labute approximate surface area is 124 Å². The van der Waals surface area contributed by atoms with Gasteiger partial charge in [-0.2, -0.15) is 0 Å². The Hall–Kier alpha value is -1.90. The van der Waals surface area contributed by atoms with E-state index >= 15 is 0 Å². The van der Waals surface area contributed by atoms with E-state index in [9.17, 15) is 0 Å². The summed E-state index contributed by atoms with van der Waals surface area (Å²) in [4.78, 5) is 2.48. The van der Waals surface area contributed by atoms with Crippen molar-refractivity contribution in [3.63, 3.8) is 0 Å². The lowest BCUT2D eigenvalue weighted by Crippen LogP contribution is -2.21. The van der Waals surface area contributed by atoms with E-state index in [1.807, 2.05) is 0 Å². The van der Waals surface area contributed by atoms with Gasteiger partial charge in [-0.3, -0.25) is 4.90 Å². The van der Waals surface area contributed by atoms with Gasteiger partial charge in [-0.05, 0) is 32.7 Å². The summed E-state index contributed by atoms with van der Waals surface area (Å²) in [6, 6.07) is 17.6. The molecule has 1 aliphatic rings. The molecule has 0 amide bonds. The van der Waals surface area contributed by atoms with Crippen LogP contribution in [0.2, 0.25) is 0 Å². The van der Waals surface area contributed by atoms with Crippen LogP contribution < -0.4 is 0 Å². The van der Waals surface area contributed by atoms with E-state index in [4.69, 9.17) is 4.74 Å². The molecule has 4 rings (SSSR count). The molecule has 0 spiro atoms. The van der Waals surface area contributed by atoms with Crippen molar-refractivity contribution in [2.45, 2.75) is 13.1 Å². The summed E-state index contributed by atoms with van der Waals surface area (Å²) in [5.41, 5.74) is 3.00. The molecule has 0 aliphatic carbocycles. The first kappa shape index (κ1) is 12.8. The molecule has 106 valence electrons. The molecule has 0 radical (unpaired) electrons. The lowest BCUT2D eigenvalue weighted by Gasteiger charge is -2.13. The molecule has 0 fully saturated rings. The van der Waals surface area contributed by atoms with E-state index in [1.165, 1.54) is 32.7 Å². The molecule has 0 aromatic heterocycles. The minimum absolute atomic E-state index is 0.795. The van der Waals surface area contributed by atoms with E-state index in [0.29, 0.717) is 0 Å². The van der Waals surface area contributed by atoms with Crippen molar-refractivity contribution in [2.24, 2.45) is 0 Å². The Kier molecular flexibility index (Phi) is 3.13. The maximum Gasteiger partial charge on any atom is 0.0589 e. The topological polar surface area (TPSA) is 12.5 Å². The summed E-state index contributed by atoms with van der Waals surface area (Å²) in [7, 11) is 1.77. The van der Waals surface area contributed by atoms with Crippen molar-refractivity contribution in [1.29, 1.82) is 0 Å². The predicted molar refractivity (Wildman–Crippen MR) is 87.4 cm³/mol. The molecule has 21 heavy (non-hydrogen) atoms. The molecule has 0 saturated heterocycles. The molecule has 2 nitrogen and oxygen atoms in total. The minimum atomic E-state index is 0.795. The van der Waals surface area contributed by atoms with E-state index < -0.39 is 0 Å². The molecular weight excluding hydrogens is 258 g/mol. The average molecular weight is 277 g/mol. The molecule has 0 unspecified atom stereocenters. The molecule has 0 saturated carbocycles. The summed E-state index contributed by atoms with van der Waals surface area (Å²) in [6.07, 6.45) is 0. The van der Waals surface area contributed by atoms with Crippen LogP contribution in [0.3, 0.4) is 0 Å². The Balaban J connectivity index is 1.94. The molecule has 2 heteroatoms. The fourth-order valence-corrected chi connectivity index (χ4v) is 3.53. The zero-order valence-corrected chi connectivity index (χ0v) is 12.3. The Morgan fingerprint density at radius 2 is 1.29 bits per heavy atom. The largest absolute Gasteiger partial charge is 0.383 e. The van der Waals surface area contributed by atoms with Crippen molar-refractivity contribution in [3.05, 3.63) is 59.7 Å². The van der Waals surface area contributed by atoms with Gasteiger partial charge in [0, 0.05) is 26.7 Å². The molecule has 1 aliphatic heterocycles. The first-order valence-electron chi connectivity index (χ1n) is 7.51. The van der Waals surface area contributed by atoms with Crippen molar-refractivity contribution < 1.29 is 4.74 Å². The van der Waals surface area contributed by atoms with E-state index in [0.717, 1.165) is 26.2 Å². The minimum Gasteiger partial charge on any atom is -0.383 e. The van der Waals surface area contributed by atoms with Crippen molar-refractivity contribution in [1.82, 2.24) is 4.90 Å². The van der Waals surface area contributed by atoms with E-state index in [1.54, 1.807) is 7.11 Å². The van der Waals surface area contributed by atoms with Crippen LogP contribution in [0.4, 0.5) is 0 Å². The van der Waals surface area contributed by atoms with Gasteiger partial charge in [0.25, 0.3) is 0 Å². The van der Waals surface area contributed by atoms with Crippen LogP contribution in [0, 0.1) is 0 Å². The van der Waals surface area contributed by atoms with Crippen molar-refractivity contribution >= 4 is 21.5 Å². The van der Waals surface area contributed by atoms with Gasteiger partial charge in [0.2, 0.25) is 0 Å². The first-order chi connectivity index (χ1) is 10.4. The van der Waals surface area contributed by atoms with Gasteiger partial charge < -0.3 is 4.74 Å². The number of hydrogen-bond acceptors (Lipinski definition) is 2. The smallest absolute Gasteiger partial charge is 0.0589 e. The van der Waals surface area contributed by atoms with Crippen LogP contribution in [-0.4, -0.2) is 25.2 Å². The summed E-state index contributed by atoms with van der Waals surface area (Å²) in [6.45, 7) is 3.85. The third-order valence-corrected chi connectivity index (χ3v) is 4.53. The second-order valence-corrected chi connectivity index (χ2v) is 5.75. The van der Waals surface area contributed by atoms with Gasteiger partial charge in [-0.15, -0.1) is 0 Å². The zero-order chi connectivity index (χ0) is 14.2. The Bertz CT molecular complexity index is 744. The molecular formula is C19H19NO. The van der Waals surface area contributed by atoms with Gasteiger partial charge in [-0.1, -0.05) is 48.5 Å². The standard InChI is InChI=1S/C19H19NO/c1-21-11-10-20-12-18-16-8-4-2-6-14(16)15-7-3-5-9-17(15)19(18)13-20/h2-9H,10-13H2,1H3. The van der Waals surface area contributed by atoms with Crippen molar-refractivity contribution in [2.75, 3.05) is 20.3 Å². The molecule has 0 bridgehead atoms. The maximum absolute atomic E-state index is 5.24. The first-order valence-corrected chi connectivity index (χ1v) is 7.51. The normalized spacial score (nSPS) is 14.9. The van der Waals surface area contributed by atoms with Crippen LogP contribution in [-0.2, 0) is 17.8 Å². The second kappa shape index (κ2) is 5.14. The van der Waals surface area contributed by atoms with Crippen LogP contribution in [0.1, 0.15) is 11.1 Å². The van der Waals surface area contributed by atoms with Crippen LogP contribution in [0.5, 0.6) is 0 Å². The highest BCUT2D eigenvalue weighted by atomic mass is 16.5. The third-order valence-electron chi connectivity index (χ3n) is 4.53. The fraction of sp³-hybridized carbons (Fsp3) is 0.263. The quantitative estimate of drug-likeness (QED) is 0.672. The number of fused-ring (bicyclic) bond motifs is 6. The molecule has 3 aromatic rings. The van der Waals surface area contributed by atoms with Crippen molar-refractivity contribution in [3.8, 4) is 0 Å². The highest BCUT2D eigenvalue weighted by Gasteiger charge is 2.23. The molecule has 1 heterocycles. The van der Waals surface area contributed by atoms with Gasteiger partial charge in [0.05, 0.1) is 6.61 Å². The number of methoxy groups -OCH3 is 1. The number of ether oxygens (including phenoxy) is 1. The van der Waals surface area contributed by atoms with Crippen LogP contribution in [0.25, 0.3) is 21.5 Å². The highest BCUT2D eigenvalue weighted by Crippen LogP contribution is 2.37.